The highest BCUT2D eigenvalue weighted by Crippen LogP contribution is 2.27. The van der Waals surface area contributed by atoms with Crippen molar-refractivity contribution in [2.45, 2.75) is 12.6 Å². The molecule has 7 heteroatoms. The summed E-state index contributed by atoms with van der Waals surface area (Å²) in [7, 11) is 0. The molecule has 6 nitrogen and oxygen atoms in total. The zero-order valence-corrected chi connectivity index (χ0v) is 15.8. The van der Waals surface area contributed by atoms with E-state index in [-0.39, 0.29) is 11.9 Å². The predicted molar refractivity (Wildman–Crippen MR) is 107 cm³/mol. The van der Waals surface area contributed by atoms with E-state index in [1.54, 1.807) is 10.6 Å². The topological polar surface area (TPSA) is 55.5 Å². The first-order chi connectivity index (χ1) is 14.3. The molecule has 1 saturated heterocycles. The van der Waals surface area contributed by atoms with E-state index in [9.17, 15) is 4.39 Å². The molecule has 0 aliphatic carbocycles. The van der Waals surface area contributed by atoms with Gasteiger partial charge in [0.1, 0.15) is 17.6 Å². The van der Waals surface area contributed by atoms with Gasteiger partial charge in [-0.1, -0.05) is 29.5 Å². The van der Waals surface area contributed by atoms with Crippen LogP contribution in [0.3, 0.4) is 0 Å². The number of ether oxygens (including phenoxy) is 1. The minimum atomic E-state index is -0.259. The third-order valence-electron chi connectivity index (χ3n) is 5.17. The van der Waals surface area contributed by atoms with Gasteiger partial charge in [0.15, 0.2) is 0 Å². The number of hydrogen-bond acceptors (Lipinski definition) is 5. The summed E-state index contributed by atoms with van der Waals surface area (Å²) in [6.45, 7) is 3.01. The Bertz CT molecular complexity index is 1130. The number of benzene rings is 1. The minimum Gasteiger partial charge on any atom is -0.369 e. The molecule has 4 aromatic rings. The molecule has 0 unspecified atom stereocenters. The van der Waals surface area contributed by atoms with Crippen molar-refractivity contribution >= 4 is 5.52 Å². The summed E-state index contributed by atoms with van der Waals surface area (Å²) < 4.78 is 21.3. The molecule has 0 spiro atoms. The summed E-state index contributed by atoms with van der Waals surface area (Å²) in [5.74, 6) is -0.259. The van der Waals surface area contributed by atoms with Crippen LogP contribution >= 0.6 is 0 Å². The molecule has 0 amide bonds. The van der Waals surface area contributed by atoms with Gasteiger partial charge in [-0.05, 0) is 35.9 Å². The summed E-state index contributed by atoms with van der Waals surface area (Å²) in [5.41, 5.74) is 4.45. The fourth-order valence-electron chi connectivity index (χ4n) is 3.71. The molecule has 3 aromatic heterocycles. The maximum Gasteiger partial charge on any atom is 0.123 e. The van der Waals surface area contributed by atoms with E-state index >= 15 is 0 Å². The first-order valence-corrected chi connectivity index (χ1v) is 9.61. The van der Waals surface area contributed by atoms with Gasteiger partial charge in [-0.2, -0.15) is 0 Å². The second-order valence-electron chi connectivity index (χ2n) is 7.15. The maximum atomic E-state index is 13.5. The molecule has 1 fully saturated rings. The lowest BCUT2D eigenvalue weighted by molar-refractivity contribution is -0.0346. The average Bonchev–Trinajstić information content (AvgIpc) is 3.18. The average molecular weight is 389 g/mol. The zero-order chi connectivity index (χ0) is 19.6. The molecule has 0 bridgehead atoms. The zero-order valence-electron chi connectivity index (χ0n) is 15.8. The van der Waals surface area contributed by atoms with E-state index in [0.717, 1.165) is 47.7 Å². The fourth-order valence-corrected chi connectivity index (χ4v) is 3.71. The van der Waals surface area contributed by atoms with Crippen molar-refractivity contribution in [3.63, 3.8) is 0 Å². The van der Waals surface area contributed by atoms with Gasteiger partial charge in [-0.15, -0.1) is 5.10 Å². The van der Waals surface area contributed by atoms with Gasteiger partial charge < -0.3 is 4.74 Å². The number of halogens is 1. The van der Waals surface area contributed by atoms with Crippen LogP contribution in [0.4, 0.5) is 4.39 Å². The first kappa shape index (κ1) is 17.9. The molecule has 29 heavy (non-hydrogen) atoms. The normalized spacial score (nSPS) is 17.6. The molecular formula is C22H20FN5O. The molecule has 4 heterocycles. The molecule has 1 aromatic carbocycles. The monoisotopic (exact) mass is 389 g/mol. The van der Waals surface area contributed by atoms with Crippen LogP contribution in [0.1, 0.15) is 17.5 Å². The van der Waals surface area contributed by atoms with Gasteiger partial charge in [-0.3, -0.25) is 9.88 Å². The third-order valence-corrected chi connectivity index (χ3v) is 5.17. The first-order valence-electron chi connectivity index (χ1n) is 9.61. The van der Waals surface area contributed by atoms with Crippen LogP contribution in [0.5, 0.6) is 0 Å². The van der Waals surface area contributed by atoms with Crippen molar-refractivity contribution < 1.29 is 9.13 Å². The van der Waals surface area contributed by atoms with Crippen LogP contribution in [0.15, 0.2) is 67.0 Å². The van der Waals surface area contributed by atoms with Crippen LogP contribution in [-0.2, 0) is 11.3 Å². The Labute approximate surface area is 167 Å². The van der Waals surface area contributed by atoms with Gasteiger partial charge in [0, 0.05) is 37.6 Å². The highest BCUT2D eigenvalue weighted by molar-refractivity contribution is 5.66. The lowest BCUT2D eigenvalue weighted by Gasteiger charge is -2.31. The second kappa shape index (κ2) is 7.69. The lowest BCUT2D eigenvalue weighted by Crippen LogP contribution is -2.38. The maximum absolute atomic E-state index is 13.5. The van der Waals surface area contributed by atoms with Crippen molar-refractivity contribution in [2.75, 3.05) is 19.7 Å². The van der Waals surface area contributed by atoms with Crippen molar-refractivity contribution in [2.24, 2.45) is 0 Å². The number of rotatable bonds is 4. The summed E-state index contributed by atoms with van der Waals surface area (Å²) in [5, 5.41) is 8.66. The molecule has 146 valence electrons. The standard InChI is InChI=1S/C22H20FN5O/c23-18-5-3-4-16(12-18)17-7-8-20-22(25-26-28(20)13-17)21-15-27(10-11-29-21)14-19-6-1-2-9-24-19/h1-9,12-13,21H,10-11,14-15H2/t21-/m1/s1. The Hall–Kier alpha value is -3.16. The van der Waals surface area contributed by atoms with Crippen molar-refractivity contribution in [1.29, 1.82) is 0 Å². The fraction of sp³-hybridized carbons (Fsp3) is 0.227. The molecule has 1 aliphatic rings. The molecule has 5 rings (SSSR count). The van der Waals surface area contributed by atoms with Crippen LogP contribution in [0.25, 0.3) is 16.6 Å². The largest absolute Gasteiger partial charge is 0.369 e. The Morgan fingerprint density at radius 2 is 2.03 bits per heavy atom. The van der Waals surface area contributed by atoms with Gasteiger partial charge in [-0.25, -0.2) is 8.91 Å². The van der Waals surface area contributed by atoms with Gasteiger partial charge in [0.05, 0.1) is 17.8 Å². The number of morpholine rings is 1. The summed E-state index contributed by atoms with van der Waals surface area (Å²) in [6, 6.07) is 16.4. The third kappa shape index (κ3) is 3.74. The summed E-state index contributed by atoms with van der Waals surface area (Å²) >= 11 is 0. The molecule has 0 radical (unpaired) electrons. The predicted octanol–water partition coefficient (Wildman–Crippen LogP) is 3.50. The molecule has 0 N–H and O–H groups in total. The Balaban J connectivity index is 1.38. The number of nitrogens with zero attached hydrogens (tertiary/aromatic N) is 5. The van der Waals surface area contributed by atoms with Crippen LogP contribution in [0, 0.1) is 5.82 Å². The van der Waals surface area contributed by atoms with Crippen molar-refractivity contribution in [1.82, 2.24) is 24.7 Å². The quantitative estimate of drug-likeness (QED) is 0.535. The van der Waals surface area contributed by atoms with Crippen LogP contribution in [0.2, 0.25) is 0 Å². The van der Waals surface area contributed by atoms with E-state index in [1.807, 2.05) is 48.8 Å². The Kier molecular flexibility index (Phi) is 4.75. The summed E-state index contributed by atoms with van der Waals surface area (Å²) in [4.78, 5) is 6.74. The molecule has 1 aliphatic heterocycles. The second-order valence-corrected chi connectivity index (χ2v) is 7.15. The van der Waals surface area contributed by atoms with Crippen LogP contribution in [-0.4, -0.2) is 44.4 Å². The van der Waals surface area contributed by atoms with E-state index in [4.69, 9.17) is 4.74 Å². The summed E-state index contributed by atoms with van der Waals surface area (Å²) in [6.07, 6.45) is 3.54. The SMILES string of the molecule is Fc1cccc(-c2ccc3c([C@H]4CN(Cc5ccccn5)CCO4)nnn3c2)c1. The number of hydrogen-bond donors (Lipinski definition) is 0. The van der Waals surface area contributed by atoms with Crippen LogP contribution < -0.4 is 0 Å². The van der Waals surface area contributed by atoms with Crippen molar-refractivity contribution in [3.8, 4) is 11.1 Å². The van der Waals surface area contributed by atoms with E-state index in [1.165, 1.54) is 12.1 Å². The highest BCUT2D eigenvalue weighted by atomic mass is 19.1. The molecule has 1 atom stereocenters. The lowest BCUT2D eigenvalue weighted by atomic mass is 10.1. The molecule has 0 saturated carbocycles. The Morgan fingerprint density at radius 3 is 2.90 bits per heavy atom. The van der Waals surface area contributed by atoms with E-state index < -0.39 is 0 Å². The van der Waals surface area contributed by atoms with E-state index in [2.05, 4.69) is 20.2 Å². The number of fused-ring (bicyclic) bond motifs is 1. The van der Waals surface area contributed by atoms with E-state index in [0.29, 0.717) is 6.61 Å². The smallest absolute Gasteiger partial charge is 0.123 e. The number of aromatic nitrogens is 4. The minimum absolute atomic E-state index is 0.148. The highest BCUT2D eigenvalue weighted by Gasteiger charge is 2.26. The van der Waals surface area contributed by atoms with Crippen molar-refractivity contribution in [3.05, 3.63) is 84.2 Å². The van der Waals surface area contributed by atoms with Gasteiger partial charge >= 0.3 is 0 Å². The molecular weight excluding hydrogens is 369 g/mol. The Morgan fingerprint density at radius 1 is 1.07 bits per heavy atom. The number of pyridine rings is 2. The van der Waals surface area contributed by atoms with Gasteiger partial charge in [0.25, 0.3) is 0 Å². The van der Waals surface area contributed by atoms with Gasteiger partial charge in [0.2, 0.25) is 0 Å².